The quantitative estimate of drug-likeness (QED) is 0.586. The zero-order chi connectivity index (χ0) is 26.7. The van der Waals surface area contributed by atoms with Crippen molar-refractivity contribution in [1.82, 2.24) is 9.80 Å². The molecular weight excluding hydrogens is 508 g/mol. The summed E-state index contributed by atoms with van der Waals surface area (Å²) >= 11 is 5.80. The van der Waals surface area contributed by atoms with Crippen molar-refractivity contribution < 1.29 is 32.6 Å². The third kappa shape index (κ3) is 5.86. The Morgan fingerprint density at radius 3 is 2.49 bits per heavy atom. The Morgan fingerprint density at radius 1 is 1.11 bits per heavy atom. The molecule has 8 nitrogen and oxygen atoms in total. The molecular formula is C26H28ClF2N3O5. The SMILES string of the molecule is COCC(=O)N1CCC(OC(=O)N(C)[C@H]2CCc3c(C(=O)Nc4ccc(F)c(Cl)c4)ccc(F)c32)CC1. The van der Waals surface area contributed by atoms with E-state index in [1.807, 2.05) is 0 Å². The minimum absolute atomic E-state index is 0.0114. The molecule has 1 fully saturated rings. The third-order valence-electron chi connectivity index (χ3n) is 6.81. The van der Waals surface area contributed by atoms with Crippen molar-refractivity contribution in [3.05, 3.63) is 63.7 Å². The molecule has 1 N–H and O–H groups in total. The van der Waals surface area contributed by atoms with Gasteiger partial charge in [-0.15, -0.1) is 0 Å². The maximum absolute atomic E-state index is 15.0. The average Bonchev–Trinajstić information content (AvgIpc) is 3.32. The molecule has 1 saturated heterocycles. The van der Waals surface area contributed by atoms with Crippen molar-refractivity contribution in [2.45, 2.75) is 37.8 Å². The fraction of sp³-hybridized carbons (Fsp3) is 0.423. The summed E-state index contributed by atoms with van der Waals surface area (Å²) in [5.41, 5.74) is 1.37. The first-order valence-electron chi connectivity index (χ1n) is 12.0. The second-order valence-corrected chi connectivity index (χ2v) is 9.54. The van der Waals surface area contributed by atoms with Gasteiger partial charge < -0.3 is 24.6 Å². The van der Waals surface area contributed by atoms with E-state index >= 15 is 0 Å². The van der Waals surface area contributed by atoms with Gasteiger partial charge in [-0.1, -0.05) is 11.6 Å². The molecule has 37 heavy (non-hydrogen) atoms. The lowest BCUT2D eigenvalue weighted by atomic mass is 10.0. The molecule has 0 bridgehead atoms. The van der Waals surface area contributed by atoms with Crippen LogP contribution in [-0.4, -0.2) is 67.7 Å². The zero-order valence-electron chi connectivity index (χ0n) is 20.6. The van der Waals surface area contributed by atoms with E-state index in [-0.39, 0.29) is 34.8 Å². The Morgan fingerprint density at radius 2 is 1.81 bits per heavy atom. The summed E-state index contributed by atoms with van der Waals surface area (Å²) in [6.45, 7) is 0.933. The topological polar surface area (TPSA) is 88.2 Å². The van der Waals surface area contributed by atoms with Crippen LogP contribution in [0.15, 0.2) is 30.3 Å². The molecule has 1 aliphatic heterocycles. The Kier molecular flexibility index (Phi) is 8.29. The number of piperidine rings is 1. The number of anilines is 1. The van der Waals surface area contributed by atoms with E-state index in [1.54, 1.807) is 11.9 Å². The maximum Gasteiger partial charge on any atom is 0.410 e. The van der Waals surface area contributed by atoms with Crippen LogP contribution >= 0.6 is 11.6 Å². The van der Waals surface area contributed by atoms with E-state index in [0.717, 1.165) is 6.07 Å². The van der Waals surface area contributed by atoms with Gasteiger partial charge in [0, 0.05) is 56.9 Å². The van der Waals surface area contributed by atoms with Crippen LogP contribution < -0.4 is 5.32 Å². The fourth-order valence-corrected chi connectivity index (χ4v) is 5.03. The van der Waals surface area contributed by atoms with Crippen LogP contribution in [0.3, 0.4) is 0 Å². The van der Waals surface area contributed by atoms with Crippen LogP contribution in [0.4, 0.5) is 19.3 Å². The number of benzene rings is 2. The molecule has 2 aromatic carbocycles. The van der Waals surface area contributed by atoms with E-state index in [1.165, 1.54) is 36.3 Å². The van der Waals surface area contributed by atoms with Crippen molar-refractivity contribution in [2.24, 2.45) is 0 Å². The van der Waals surface area contributed by atoms with Gasteiger partial charge in [0.1, 0.15) is 24.3 Å². The Hall–Kier alpha value is -3.24. The van der Waals surface area contributed by atoms with Crippen LogP contribution in [0.2, 0.25) is 5.02 Å². The molecule has 3 amide bonds. The van der Waals surface area contributed by atoms with Gasteiger partial charge in [-0.05, 0) is 48.7 Å². The minimum Gasteiger partial charge on any atom is -0.446 e. The largest absolute Gasteiger partial charge is 0.446 e. The van der Waals surface area contributed by atoms with E-state index in [9.17, 15) is 23.2 Å². The van der Waals surface area contributed by atoms with Gasteiger partial charge in [-0.3, -0.25) is 9.59 Å². The summed E-state index contributed by atoms with van der Waals surface area (Å²) in [6.07, 6.45) is 0.878. The number of ether oxygens (including phenoxy) is 2. The van der Waals surface area contributed by atoms with Gasteiger partial charge >= 0.3 is 6.09 Å². The summed E-state index contributed by atoms with van der Waals surface area (Å²) < 4.78 is 38.9. The number of nitrogens with zero attached hydrogens (tertiary/aromatic N) is 2. The number of halogens is 3. The molecule has 11 heteroatoms. The van der Waals surface area contributed by atoms with Crippen LogP contribution in [0.1, 0.15) is 46.8 Å². The Labute approximate surface area is 218 Å². The molecule has 2 aliphatic rings. The average molecular weight is 536 g/mol. The highest BCUT2D eigenvalue weighted by atomic mass is 35.5. The number of carbonyl (C=O) groups is 3. The van der Waals surface area contributed by atoms with Crippen molar-refractivity contribution in [3.63, 3.8) is 0 Å². The Bertz CT molecular complexity index is 1200. The lowest BCUT2D eigenvalue weighted by Gasteiger charge is -2.33. The van der Waals surface area contributed by atoms with E-state index in [2.05, 4.69) is 5.32 Å². The Balaban J connectivity index is 1.43. The number of hydrogen-bond acceptors (Lipinski definition) is 5. The monoisotopic (exact) mass is 535 g/mol. The molecule has 0 unspecified atom stereocenters. The number of amides is 3. The number of rotatable bonds is 6. The molecule has 0 aromatic heterocycles. The highest BCUT2D eigenvalue weighted by molar-refractivity contribution is 6.31. The molecule has 2 aromatic rings. The summed E-state index contributed by atoms with van der Waals surface area (Å²) in [6, 6.07) is 5.82. The summed E-state index contributed by atoms with van der Waals surface area (Å²) in [5.74, 6) is -1.71. The maximum atomic E-state index is 15.0. The summed E-state index contributed by atoms with van der Waals surface area (Å²) in [7, 11) is 3.01. The molecule has 4 rings (SSSR count). The van der Waals surface area contributed by atoms with Crippen LogP contribution in [0, 0.1) is 11.6 Å². The minimum atomic E-state index is -0.606. The molecule has 1 atom stereocenters. The second-order valence-electron chi connectivity index (χ2n) is 9.13. The van der Waals surface area contributed by atoms with Crippen molar-refractivity contribution in [1.29, 1.82) is 0 Å². The highest BCUT2D eigenvalue weighted by Gasteiger charge is 2.36. The normalized spacial score (nSPS) is 17.3. The van der Waals surface area contributed by atoms with Gasteiger partial charge in [-0.25, -0.2) is 13.6 Å². The van der Waals surface area contributed by atoms with Crippen LogP contribution in [0.25, 0.3) is 0 Å². The van der Waals surface area contributed by atoms with Gasteiger partial charge in [0.15, 0.2) is 0 Å². The number of hydrogen-bond donors (Lipinski definition) is 1. The molecule has 1 aliphatic carbocycles. The first-order chi connectivity index (χ1) is 17.7. The van der Waals surface area contributed by atoms with Crippen molar-refractivity contribution in [3.8, 4) is 0 Å². The number of nitrogens with one attached hydrogen (secondary N) is 1. The molecule has 1 heterocycles. The lowest BCUT2D eigenvalue weighted by molar-refractivity contribution is -0.137. The van der Waals surface area contributed by atoms with Gasteiger partial charge in [-0.2, -0.15) is 0 Å². The highest BCUT2D eigenvalue weighted by Crippen LogP contribution is 2.39. The van der Waals surface area contributed by atoms with Crippen LogP contribution in [0.5, 0.6) is 0 Å². The smallest absolute Gasteiger partial charge is 0.410 e. The lowest BCUT2D eigenvalue weighted by Crippen LogP contribution is -2.44. The van der Waals surface area contributed by atoms with E-state index in [4.69, 9.17) is 21.1 Å². The number of methoxy groups -OCH3 is 1. The predicted octanol–water partition coefficient (Wildman–Crippen LogP) is 4.56. The van der Waals surface area contributed by atoms with Crippen molar-refractivity contribution >= 4 is 35.2 Å². The summed E-state index contributed by atoms with van der Waals surface area (Å²) in [4.78, 5) is 40.9. The molecule has 0 spiro atoms. The predicted molar refractivity (Wildman–Crippen MR) is 133 cm³/mol. The van der Waals surface area contributed by atoms with Gasteiger partial charge in [0.2, 0.25) is 5.91 Å². The van der Waals surface area contributed by atoms with Gasteiger partial charge in [0.05, 0.1) is 11.1 Å². The van der Waals surface area contributed by atoms with Crippen molar-refractivity contribution in [2.75, 3.05) is 39.2 Å². The molecule has 0 saturated carbocycles. The first kappa shape index (κ1) is 26.8. The van der Waals surface area contributed by atoms with E-state index in [0.29, 0.717) is 50.0 Å². The number of carbonyl (C=O) groups excluding carboxylic acids is 3. The first-order valence-corrected chi connectivity index (χ1v) is 12.3. The van der Waals surface area contributed by atoms with E-state index < -0.39 is 29.7 Å². The number of fused-ring (bicyclic) bond motifs is 1. The molecule has 198 valence electrons. The second kappa shape index (κ2) is 11.4. The standard InChI is InChI=1S/C26H28ClF2N3O5/c1-31(26(35)37-16-9-11-32(12-10-16)23(33)14-36-2)22-8-5-17-18(4-7-21(29)24(17)22)25(34)30-15-3-6-20(28)19(27)13-15/h3-4,6-7,13,16,22H,5,8-12,14H2,1-2H3,(H,30,34)/t22-/m0/s1. The third-order valence-corrected chi connectivity index (χ3v) is 7.10. The molecule has 0 radical (unpaired) electrons. The summed E-state index contributed by atoms with van der Waals surface area (Å²) in [5, 5.41) is 2.53. The zero-order valence-corrected chi connectivity index (χ0v) is 21.3. The fourth-order valence-electron chi connectivity index (χ4n) is 4.85. The number of likely N-dealkylation sites (tertiary alicyclic amines) is 1. The van der Waals surface area contributed by atoms with Crippen LogP contribution in [-0.2, 0) is 20.7 Å². The van der Waals surface area contributed by atoms with Gasteiger partial charge in [0.25, 0.3) is 5.91 Å².